The number of hydrogen-bond acceptors (Lipinski definition) is 3. The fraction of sp³-hybridized carbons (Fsp3) is 0.385. The van der Waals surface area contributed by atoms with E-state index >= 15 is 0 Å². The van der Waals surface area contributed by atoms with Crippen LogP contribution in [0.3, 0.4) is 0 Å². The van der Waals surface area contributed by atoms with Crippen molar-refractivity contribution in [3.63, 3.8) is 0 Å². The summed E-state index contributed by atoms with van der Waals surface area (Å²) in [6, 6.07) is 5.30. The molecule has 1 unspecified atom stereocenters. The molecule has 1 aromatic carbocycles. The summed E-state index contributed by atoms with van der Waals surface area (Å²) in [6.45, 7) is 1.84. The minimum Gasteiger partial charge on any atom is -0.481 e. The average Bonchev–Trinajstić information content (AvgIpc) is 2.67. The number of Topliss-reactive ketones (excluding diaryl/α,β-unsaturated/α-hetero) is 1. The van der Waals surface area contributed by atoms with Gasteiger partial charge in [-0.3, -0.25) is 9.59 Å². The van der Waals surface area contributed by atoms with Crippen LogP contribution in [0.5, 0.6) is 5.75 Å². The molecule has 1 amide bonds. The fourth-order valence-corrected chi connectivity index (χ4v) is 2.01. The molecular weight excluding hydrogens is 218 g/mol. The summed E-state index contributed by atoms with van der Waals surface area (Å²) in [5.41, 5.74) is 6.97. The first kappa shape index (κ1) is 11.6. The number of hydrogen-bond donors (Lipinski definition) is 1. The minimum atomic E-state index is -0.606. The summed E-state index contributed by atoms with van der Waals surface area (Å²) in [6.07, 6.45) is 1.24. The second-order valence-electron chi connectivity index (χ2n) is 4.16. The number of fused-ring (bicyclic) bond motifs is 1. The molecule has 0 saturated heterocycles. The third-order valence-electron chi connectivity index (χ3n) is 2.96. The Hall–Kier alpha value is -1.84. The lowest BCUT2D eigenvalue weighted by Crippen LogP contribution is -2.33. The van der Waals surface area contributed by atoms with Crippen LogP contribution in [0.25, 0.3) is 0 Å². The van der Waals surface area contributed by atoms with Crippen molar-refractivity contribution in [2.24, 2.45) is 5.73 Å². The molecule has 2 rings (SSSR count). The van der Waals surface area contributed by atoms with Crippen molar-refractivity contribution in [2.75, 3.05) is 0 Å². The maximum atomic E-state index is 11.4. The predicted octanol–water partition coefficient (Wildman–Crippen LogP) is 1.46. The highest BCUT2D eigenvalue weighted by molar-refractivity contribution is 6.00. The van der Waals surface area contributed by atoms with Gasteiger partial charge in [0.25, 0.3) is 5.91 Å². The number of nitrogens with two attached hydrogens (primary N) is 1. The monoisotopic (exact) mass is 233 g/mol. The molecule has 0 spiro atoms. The second kappa shape index (κ2) is 4.57. The van der Waals surface area contributed by atoms with E-state index in [-0.39, 0.29) is 5.78 Å². The Bertz CT molecular complexity index is 468. The zero-order valence-electron chi connectivity index (χ0n) is 9.73. The number of primary amides is 1. The van der Waals surface area contributed by atoms with Crippen molar-refractivity contribution in [1.29, 1.82) is 0 Å². The quantitative estimate of drug-likeness (QED) is 0.855. The molecule has 0 fully saturated rings. The first-order chi connectivity index (χ1) is 8.11. The van der Waals surface area contributed by atoms with E-state index in [4.69, 9.17) is 10.5 Å². The molecule has 4 heteroatoms. The smallest absolute Gasteiger partial charge is 0.258 e. The standard InChI is InChI=1S/C13H15NO3/c1-2-12(13(14)16)17-9-4-5-10-8(7-9)3-6-11(10)15/h4-5,7,12H,2-3,6H2,1H3,(H2,14,16). The van der Waals surface area contributed by atoms with Gasteiger partial charge in [0.1, 0.15) is 5.75 Å². The van der Waals surface area contributed by atoms with Crippen LogP contribution in [0.15, 0.2) is 18.2 Å². The molecule has 0 bridgehead atoms. The van der Waals surface area contributed by atoms with E-state index in [1.165, 1.54) is 0 Å². The van der Waals surface area contributed by atoms with Gasteiger partial charge in [-0.1, -0.05) is 6.92 Å². The van der Waals surface area contributed by atoms with Gasteiger partial charge >= 0.3 is 0 Å². The van der Waals surface area contributed by atoms with E-state index in [1.54, 1.807) is 12.1 Å². The molecule has 1 atom stereocenters. The van der Waals surface area contributed by atoms with E-state index < -0.39 is 12.0 Å². The van der Waals surface area contributed by atoms with Crippen LogP contribution >= 0.6 is 0 Å². The molecule has 0 aromatic heterocycles. The zero-order chi connectivity index (χ0) is 12.4. The van der Waals surface area contributed by atoms with Crippen LogP contribution in [-0.4, -0.2) is 17.8 Å². The predicted molar refractivity (Wildman–Crippen MR) is 63.0 cm³/mol. The van der Waals surface area contributed by atoms with Gasteiger partial charge in [0.05, 0.1) is 0 Å². The summed E-state index contributed by atoms with van der Waals surface area (Å²) >= 11 is 0. The number of benzene rings is 1. The lowest BCUT2D eigenvalue weighted by atomic mass is 10.1. The van der Waals surface area contributed by atoms with Crippen LogP contribution in [0.2, 0.25) is 0 Å². The molecule has 0 heterocycles. The van der Waals surface area contributed by atoms with Crippen molar-refractivity contribution in [1.82, 2.24) is 0 Å². The van der Waals surface area contributed by atoms with Crippen molar-refractivity contribution < 1.29 is 14.3 Å². The molecular formula is C13H15NO3. The largest absolute Gasteiger partial charge is 0.481 e. The molecule has 2 N–H and O–H groups in total. The highest BCUT2D eigenvalue weighted by Crippen LogP contribution is 2.26. The average molecular weight is 233 g/mol. The number of carbonyl (C=O) groups is 2. The molecule has 0 radical (unpaired) electrons. The molecule has 4 nitrogen and oxygen atoms in total. The molecule has 1 aromatic rings. The van der Waals surface area contributed by atoms with E-state index in [0.29, 0.717) is 18.6 Å². The van der Waals surface area contributed by atoms with Crippen molar-refractivity contribution >= 4 is 11.7 Å². The first-order valence-corrected chi connectivity index (χ1v) is 5.74. The summed E-state index contributed by atoms with van der Waals surface area (Å²) in [7, 11) is 0. The van der Waals surface area contributed by atoms with Gasteiger partial charge < -0.3 is 10.5 Å². The molecule has 1 aliphatic rings. The normalized spacial score (nSPS) is 15.5. The fourth-order valence-electron chi connectivity index (χ4n) is 2.01. The van der Waals surface area contributed by atoms with Gasteiger partial charge in [0, 0.05) is 12.0 Å². The van der Waals surface area contributed by atoms with E-state index in [2.05, 4.69) is 0 Å². The molecule has 90 valence electrons. The first-order valence-electron chi connectivity index (χ1n) is 5.74. The van der Waals surface area contributed by atoms with Crippen LogP contribution in [0.4, 0.5) is 0 Å². The summed E-state index contributed by atoms with van der Waals surface area (Å²) in [4.78, 5) is 22.5. The Morgan fingerprint density at radius 2 is 2.24 bits per heavy atom. The third-order valence-corrected chi connectivity index (χ3v) is 2.96. The summed E-state index contributed by atoms with van der Waals surface area (Å²) in [5.74, 6) is 0.307. The van der Waals surface area contributed by atoms with Gasteiger partial charge in [0.15, 0.2) is 11.9 Å². The Labute approximate surface area is 99.8 Å². The van der Waals surface area contributed by atoms with Crippen LogP contribution in [0.1, 0.15) is 35.7 Å². The lowest BCUT2D eigenvalue weighted by molar-refractivity contribution is -0.124. The Kier molecular flexibility index (Phi) is 3.13. The van der Waals surface area contributed by atoms with Gasteiger partial charge in [-0.15, -0.1) is 0 Å². The van der Waals surface area contributed by atoms with Gasteiger partial charge in [-0.2, -0.15) is 0 Å². The number of aryl methyl sites for hydroxylation is 1. The van der Waals surface area contributed by atoms with E-state index in [9.17, 15) is 9.59 Å². The summed E-state index contributed by atoms with van der Waals surface area (Å²) < 4.78 is 5.50. The Morgan fingerprint density at radius 3 is 2.88 bits per heavy atom. The maximum absolute atomic E-state index is 11.4. The number of amides is 1. The summed E-state index contributed by atoms with van der Waals surface area (Å²) in [5, 5.41) is 0. The lowest BCUT2D eigenvalue weighted by Gasteiger charge is -2.14. The number of carbonyl (C=O) groups excluding carboxylic acids is 2. The van der Waals surface area contributed by atoms with Crippen molar-refractivity contribution in [2.45, 2.75) is 32.3 Å². The second-order valence-corrected chi connectivity index (χ2v) is 4.16. The Morgan fingerprint density at radius 1 is 1.47 bits per heavy atom. The maximum Gasteiger partial charge on any atom is 0.258 e. The van der Waals surface area contributed by atoms with E-state index in [1.807, 2.05) is 13.0 Å². The molecule has 0 saturated carbocycles. The molecule has 0 aliphatic heterocycles. The van der Waals surface area contributed by atoms with Crippen LogP contribution < -0.4 is 10.5 Å². The van der Waals surface area contributed by atoms with Crippen LogP contribution in [0, 0.1) is 0 Å². The molecule has 17 heavy (non-hydrogen) atoms. The highest BCUT2D eigenvalue weighted by atomic mass is 16.5. The SMILES string of the molecule is CCC(Oc1ccc2c(c1)CCC2=O)C(N)=O. The molecule has 1 aliphatic carbocycles. The van der Waals surface area contributed by atoms with Gasteiger partial charge in [-0.05, 0) is 36.6 Å². The zero-order valence-corrected chi connectivity index (χ0v) is 9.73. The van der Waals surface area contributed by atoms with Crippen molar-refractivity contribution in [3.8, 4) is 5.75 Å². The third kappa shape index (κ3) is 2.30. The minimum absolute atomic E-state index is 0.175. The number of rotatable bonds is 4. The highest BCUT2D eigenvalue weighted by Gasteiger charge is 2.21. The number of ketones is 1. The Balaban J connectivity index is 2.18. The van der Waals surface area contributed by atoms with Crippen LogP contribution in [-0.2, 0) is 11.2 Å². The van der Waals surface area contributed by atoms with Gasteiger partial charge in [0.2, 0.25) is 0 Å². The van der Waals surface area contributed by atoms with Crippen molar-refractivity contribution in [3.05, 3.63) is 29.3 Å². The topological polar surface area (TPSA) is 69.4 Å². The van der Waals surface area contributed by atoms with Gasteiger partial charge in [-0.25, -0.2) is 0 Å². The van der Waals surface area contributed by atoms with E-state index in [0.717, 1.165) is 17.5 Å². The number of ether oxygens (including phenoxy) is 1.